The minimum Gasteiger partial charge on any atom is -0.459 e. The fraction of sp³-hybridized carbons (Fsp3) is 0.273. The maximum Gasteiger partial charge on any atom is 0.264 e. The zero-order chi connectivity index (χ0) is 20.2. The van der Waals surface area contributed by atoms with E-state index in [1.807, 2.05) is 47.8 Å². The number of amides is 2. The Kier molecular flexibility index (Phi) is 6.02. The van der Waals surface area contributed by atoms with Crippen LogP contribution in [-0.2, 0) is 11.3 Å². The summed E-state index contributed by atoms with van der Waals surface area (Å²) in [6.07, 6.45) is 2.54. The highest BCUT2D eigenvalue weighted by Crippen LogP contribution is 2.25. The molecule has 0 bridgehead atoms. The fourth-order valence-electron chi connectivity index (χ4n) is 3.52. The number of likely N-dealkylation sites (tertiary alicyclic amines) is 1. The standard InChI is InChI=1S/C22H21ClN2O3S/c23-16-8-6-15(7-9-16)19-11-10-17(28-19)14-24-21(26)18-4-1-2-12-25(18)22(27)20-5-3-13-29-20/h3,5-11,13,18H,1-2,4,12,14H2,(H,24,26)/t18-/m1/s1. The summed E-state index contributed by atoms with van der Waals surface area (Å²) in [4.78, 5) is 27.9. The molecule has 1 saturated heterocycles. The van der Waals surface area contributed by atoms with Gasteiger partial charge in [0, 0.05) is 17.1 Å². The molecule has 29 heavy (non-hydrogen) atoms. The van der Waals surface area contributed by atoms with E-state index in [-0.39, 0.29) is 18.4 Å². The topological polar surface area (TPSA) is 62.6 Å². The highest BCUT2D eigenvalue weighted by Gasteiger charge is 2.32. The molecule has 150 valence electrons. The first-order valence-electron chi connectivity index (χ1n) is 9.58. The lowest BCUT2D eigenvalue weighted by Crippen LogP contribution is -2.51. The average molecular weight is 429 g/mol. The Morgan fingerprint density at radius 1 is 1.14 bits per heavy atom. The van der Waals surface area contributed by atoms with E-state index in [2.05, 4.69) is 5.32 Å². The Labute approximate surface area is 178 Å². The first-order chi connectivity index (χ1) is 14.1. The van der Waals surface area contributed by atoms with Crippen LogP contribution >= 0.6 is 22.9 Å². The maximum atomic E-state index is 12.8. The summed E-state index contributed by atoms with van der Waals surface area (Å²) >= 11 is 7.33. The molecule has 0 radical (unpaired) electrons. The Morgan fingerprint density at radius 2 is 1.97 bits per heavy atom. The Balaban J connectivity index is 1.39. The quantitative estimate of drug-likeness (QED) is 0.623. The van der Waals surface area contributed by atoms with E-state index < -0.39 is 6.04 Å². The monoisotopic (exact) mass is 428 g/mol. The molecule has 0 unspecified atom stereocenters. The van der Waals surface area contributed by atoms with Crippen LogP contribution in [0, 0.1) is 0 Å². The smallest absolute Gasteiger partial charge is 0.264 e. The van der Waals surface area contributed by atoms with Crippen molar-refractivity contribution in [3.05, 3.63) is 69.6 Å². The van der Waals surface area contributed by atoms with Crippen molar-refractivity contribution >= 4 is 34.8 Å². The van der Waals surface area contributed by atoms with Crippen LogP contribution < -0.4 is 5.32 Å². The predicted octanol–water partition coefficient (Wildman–Crippen LogP) is 4.97. The number of rotatable bonds is 5. The van der Waals surface area contributed by atoms with Gasteiger partial charge in [-0.1, -0.05) is 17.7 Å². The number of thiophene rings is 1. The van der Waals surface area contributed by atoms with E-state index in [4.69, 9.17) is 16.0 Å². The summed E-state index contributed by atoms with van der Waals surface area (Å²) in [6, 6.07) is 14.3. The second-order valence-electron chi connectivity index (χ2n) is 6.98. The van der Waals surface area contributed by atoms with Gasteiger partial charge in [0.25, 0.3) is 5.91 Å². The van der Waals surface area contributed by atoms with Crippen LogP contribution in [0.2, 0.25) is 5.02 Å². The van der Waals surface area contributed by atoms with Gasteiger partial charge in [0.15, 0.2) is 0 Å². The molecule has 3 heterocycles. The van der Waals surface area contributed by atoms with E-state index in [1.165, 1.54) is 11.3 Å². The van der Waals surface area contributed by atoms with Gasteiger partial charge in [0.1, 0.15) is 17.6 Å². The molecule has 0 aliphatic carbocycles. The summed E-state index contributed by atoms with van der Waals surface area (Å²) < 4.78 is 5.84. The number of hydrogen-bond donors (Lipinski definition) is 1. The van der Waals surface area contributed by atoms with Crippen LogP contribution in [0.15, 0.2) is 58.3 Å². The van der Waals surface area contributed by atoms with Crippen molar-refractivity contribution < 1.29 is 14.0 Å². The molecular formula is C22H21ClN2O3S. The van der Waals surface area contributed by atoms with Crippen molar-refractivity contribution in [3.63, 3.8) is 0 Å². The van der Waals surface area contributed by atoms with Crippen LogP contribution in [0.25, 0.3) is 11.3 Å². The van der Waals surface area contributed by atoms with Crippen LogP contribution in [0.1, 0.15) is 34.7 Å². The molecular weight excluding hydrogens is 408 g/mol. The third-order valence-corrected chi connectivity index (χ3v) is 6.14. The lowest BCUT2D eigenvalue weighted by atomic mass is 10.0. The van der Waals surface area contributed by atoms with Gasteiger partial charge in [-0.05, 0) is 67.1 Å². The third-order valence-electron chi connectivity index (χ3n) is 5.03. The lowest BCUT2D eigenvalue weighted by Gasteiger charge is -2.34. The van der Waals surface area contributed by atoms with Crippen molar-refractivity contribution in [2.24, 2.45) is 0 Å². The number of carbonyl (C=O) groups excluding carboxylic acids is 2. The Bertz CT molecular complexity index is 982. The number of benzene rings is 1. The number of halogens is 1. The van der Waals surface area contributed by atoms with Crippen LogP contribution in [0.4, 0.5) is 0 Å². The normalized spacial score (nSPS) is 16.6. The van der Waals surface area contributed by atoms with Crippen molar-refractivity contribution in [3.8, 4) is 11.3 Å². The fourth-order valence-corrected chi connectivity index (χ4v) is 4.33. The van der Waals surface area contributed by atoms with Gasteiger partial charge >= 0.3 is 0 Å². The third kappa shape index (κ3) is 4.54. The molecule has 0 spiro atoms. The van der Waals surface area contributed by atoms with Gasteiger partial charge in [-0.2, -0.15) is 0 Å². The molecule has 2 amide bonds. The molecule has 1 aliphatic heterocycles. The van der Waals surface area contributed by atoms with E-state index in [0.717, 1.165) is 24.2 Å². The molecule has 4 rings (SSSR count). The summed E-state index contributed by atoms with van der Waals surface area (Å²) in [5, 5.41) is 5.47. The molecule has 5 nitrogen and oxygen atoms in total. The van der Waals surface area contributed by atoms with Crippen LogP contribution in [-0.4, -0.2) is 29.3 Å². The van der Waals surface area contributed by atoms with Crippen LogP contribution in [0.3, 0.4) is 0 Å². The molecule has 1 aliphatic rings. The minimum atomic E-state index is -0.441. The molecule has 3 aromatic rings. The predicted molar refractivity (Wildman–Crippen MR) is 114 cm³/mol. The number of piperidine rings is 1. The number of nitrogens with zero attached hydrogens (tertiary/aromatic N) is 1. The van der Waals surface area contributed by atoms with Gasteiger partial charge in [0.2, 0.25) is 5.91 Å². The number of furan rings is 1. The molecule has 1 fully saturated rings. The zero-order valence-electron chi connectivity index (χ0n) is 15.8. The number of nitrogens with one attached hydrogen (secondary N) is 1. The van der Waals surface area contributed by atoms with Gasteiger partial charge in [0.05, 0.1) is 11.4 Å². The van der Waals surface area contributed by atoms with Gasteiger partial charge < -0.3 is 14.6 Å². The summed E-state index contributed by atoms with van der Waals surface area (Å²) in [7, 11) is 0. The molecule has 1 atom stereocenters. The molecule has 2 aromatic heterocycles. The Morgan fingerprint density at radius 3 is 2.72 bits per heavy atom. The average Bonchev–Trinajstić information content (AvgIpc) is 3.44. The van der Waals surface area contributed by atoms with Crippen LogP contribution in [0.5, 0.6) is 0 Å². The lowest BCUT2D eigenvalue weighted by molar-refractivity contribution is -0.126. The highest BCUT2D eigenvalue weighted by molar-refractivity contribution is 7.12. The van der Waals surface area contributed by atoms with Crippen molar-refractivity contribution in [1.29, 1.82) is 0 Å². The van der Waals surface area contributed by atoms with E-state index >= 15 is 0 Å². The summed E-state index contributed by atoms with van der Waals surface area (Å²) in [5.74, 6) is 1.18. The van der Waals surface area contributed by atoms with E-state index in [0.29, 0.717) is 28.6 Å². The summed E-state index contributed by atoms with van der Waals surface area (Å²) in [6.45, 7) is 0.889. The van der Waals surface area contributed by atoms with Gasteiger partial charge in [-0.25, -0.2) is 0 Å². The molecule has 1 aromatic carbocycles. The minimum absolute atomic E-state index is 0.0668. The number of carbonyl (C=O) groups is 2. The second kappa shape index (κ2) is 8.84. The number of hydrogen-bond acceptors (Lipinski definition) is 4. The molecule has 1 N–H and O–H groups in total. The zero-order valence-corrected chi connectivity index (χ0v) is 17.3. The van der Waals surface area contributed by atoms with E-state index in [9.17, 15) is 9.59 Å². The Hall–Kier alpha value is -2.57. The van der Waals surface area contributed by atoms with Crippen molar-refractivity contribution in [1.82, 2.24) is 10.2 Å². The van der Waals surface area contributed by atoms with E-state index in [1.54, 1.807) is 11.0 Å². The van der Waals surface area contributed by atoms with Crippen molar-refractivity contribution in [2.75, 3.05) is 6.54 Å². The first kappa shape index (κ1) is 19.7. The largest absolute Gasteiger partial charge is 0.459 e. The molecule has 0 saturated carbocycles. The SMILES string of the molecule is O=C(NCc1ccc(-c2ccc(Cl)cc2)o1)[C@H]1CCCCN1C(=O)c1cccs1. The molecule has 7 heteroatoms. The second-order valence-corrected chi connectivity index (χ2v) is 8.36. The first-order valence-corrected chi connectivity index (χ1v) is 10.8. The van der Waals surface area contributed by atoms with Gasteiger partial charge in [-0.15, -0.1) is 11.3 Å². The summed E-state index contributed by atoms with van der Waals surface area (Å²) in [5.41, 5.74) is 0.923. The maximum absolute atomic E-state index is 12.8. The van der Waals surface area contributed by atoms with Gasteiger partial charge in [-0.3, -0.25) is 9.59 Å². The highest BCUT2D eigenvalue weighted by atomic mass is 35.5. The van der Waals surface area contributed by atoms with Crippen molar-refractivity contribution in [2.45, 2.75) is 31.8 Å².